The maximum atomic E-state index is 9.17. The Labute approximate surface area is 99.6 Å². The van der Waals surface area contributed by atoms with Gasteiger partial charge in [-0.15, -0.1) is 0 Å². The Balaban J connectivity index is 2.16. The summed E-state index contributed by atoms with van der Waals surface area (Å²) < 4.78 is 1.18. The lowest BCUT2D eigenvalue weighted by atomic mass is 9.78. The number of aryl methyl sites for hydroxylation is 1. The second-order valence-electron chi connectivity index (χ2n) is 4.58. The summed E-state index contributed by atoms with van der Waals surface area (Å²) in [5, 5.41) is 9.17. The quantitative estimate of drug-likeness (QED) is 0.874. The largest absolute Gasteiger partial charge is 0.396 e. The van der Waals surface area contributed by atoms with Crippen LogP contribution in [0.1, 0.15) is 24.5 Å². The van der Waals surface area contributed by atoms with E-state index in [0.29, 0.717) is 18.4 Å². The van der Waals surface area contributed by atoms with Gasteiger partial charge in [-0.25, -0.2) is 0 Å². The molecule has 15 heavy (non-hydrogen) atoms. The molecule has 0 bridgehead atoms. The van der Waals surface area contributed by atoms with E-state index in [4.69, 9.17) is 0 Å². The predicted molar refractivity (Wildman–Crippen MR) is 65.9 cm³/mol. The number of aliphatic hydroxyl groups is 1. The highest BCUT2D eigenvalue weighted by Gasteiger charge is 2.22. The van der Waals surface area contributed by atoms with E-state index in [1.165, 1.54) is 22.0 Å². The van der Waals surface area contributed by atoms with Crippen LogP contribution in [-0.2, 0) is 12.8 Å². The van der Waals surface area contributed by atoms with Gasteiger partial charge in [-0.05, 0) is 54.4 Å². The third-order valence-electron chi connectivity index (χ3n) is 3.53. The molecule has 2 unspecified atom stereocenters. The molecule has 82 valence electrons. The van der Waals surface area contributed by atoms with Crippen molar-refractivity contribution in [1.29, 1.82) is 0 Å². The van der Waals surface area contributed by atoms with E-state index in [1.54, 1.807) is 0 Å². The molecule has 0 heterocycles. The minimum Gasteiger partial charge on any atom is -0.396 e. The number of benzene rings is 1. The van der Waals surface area contributed by atoms with Gasteiger partial charge >= 0.3 is 0 Å². The van der Waals surface area contributed by atoms with Crippen molar-refractivity contribution >= 4 is 15.9 Å². The molecule has 1 N–H and O–H groups in total. The summed E-state index contributed by atoms with van der Waals surface area (Å²) in [4.78, 5) is 0. The summed E-state index contributed by atoms with van der Waals surface area (Å²) in [6, 6.07) is 6.57. The lowest BCUT2D eigenvalue weighted by Gasteiger charge is -2.28. The van der Waals surface area contributed by atoms with Gasteiger partial charge in [-0.1, -0.05) is 28.9 Å². The second kappa shape index (κ2) is 4.67. The second-order valence-corrected chi connectivity index (χ2v) is 5.49. The summed E-state index contributed by atoms with van der Waals surface area (Å²) >= 11 is 3.51. The van der Waals surface area contributed by atoms with Crippen molar-refractivity contribution in [2.24, 2.45) is 11.8 Å². The Hall–Kier alpha value is -0.340. The standard InChI is InChI=1S/C13H17BrO/c1-9(8-15)10-2-3-12-7-13(14)5-4-11(12)6-10/h4-5,7,9-10,15H,2-3,6,8H2,1H3. The molecule has 0 amide bonds. The van der Waals surface area contributed by atoms with Gasteiger partial charge in [0.1, 0.15) is 0 Å². The summed E-state index contributed by atoms with van der Waals surface area (Å²) in [5.41, 5.74) is 2.94. The fraction of sp³-hybridized carbons (Fsp3) is 0.538. The zero-order valence-corrected chi connectivity index (χ0v) is 10.6. The minimum absolute atomic E-state index is 0.316. The number of fused-ring (bicyclic) bond motifs is 1. The van der Waals surface area contributed by atoms with Crippen LogP contribution in [0.3, 0.4) is 0 Å². The summed E-state index contributed by atoms with van der Waals surface area (Å²) in [7, 11) is 0. The molecule has 0 radical (unpaired) electrons. The van der Waals surface area contributed by atoms with Crippen molar-refractivity contribution in [1.82, 2.24) is 0 Å². The zero-order chi connectivity index (χ0) is 10.8. The van der Waals surface area contributed by atoms with E-state index < -0.39 is 0 Å². The molecule has 2 atom stereocenters. The molecule has 0 spiro atoms. The number of rotatable bonds is 2. The lowest BCUT2D eigenvalue weighted by molar-refractivity contribution is 0.178. The van der Waals surface area contributed by atoms with Crippen LogP contribution in [0.4, 0.5) is 0 Å². The van der Waals surface area contributed by atoms with Crippen molar-refractivity contribution in [2.75, 3.05) is 6.61 Å². The van der Waals surface area contributed by atoms with Gasteiger partial charge in [0.15, 0.2) is 0 Å². The van der Waals surface area contributed by atoms with Crippen LogP contribution in [0.25, 0.3) is 0 Å². The molecule has 0 fully saturated rings. The Morgan fingerprint density at radius 3 is 3.00 bits per heavy atom. The van der Waals surface area contributed by atoms with E-state index in [1.807, 2.05) is 0 Å². The van der Waals surface area contributed by atoms with E-state index >= 15 is 0 Å². The zero-order valence-electron chi connectivity index (χ0n) is 9.04. The molecule has 1 nitrogen and oxygen atoms in total. The number of hydrogen-bond acceptors (Lipinski definition) is 1. The average Bonchev–Trinajstić information content (AvgIpc) is 2.27. The van der Waals surface area contributed by atoms with Crippen LogP contribution in [0.2, 0.25) is 0 Å². The summed E-state index contributed by atoms with van der Waals surface area (Å²) in [6.07, 6.45) is 3.50. The third-order valence-corrected chi connectivity index (χ3v) is 4.02. The number of aliphatic hydroxyl groups excluding tert-OH is 1. The average molecular weight is 269 g/mol. The molecule has 1 aromatic carbocycles. The van der Waals surface area contributed by atoms with Gasteiger partial charge in [0.25, 0.3) is 0 Å². The predicted octanol–water partition coefficient (Wildman–Crippen LogP) is 3.18. The maximum absolute atomic E-state index is 9.17. The number of halogens is 1. The normalized spacial score (nSPS) is 22.2. The van der Waals surface area contributed by atoms with Crippen LogP contribution in [-0.4, -0.2) is 11.7 Å². The van der Waals surface area contributed by atoms with E-state index in [9.17, 15) is 5.11 Å². The van der Waals surface area contributed by atoms with Crippen molar-refractivity contribution in [3.05, 3.63) is 33.8 Å². The van der Waals surface area contributed by atoms with E-state index in [0.717, 1.165) is 12.8 Å². The maximum Gasteiger partial charge on any atom is 0.0459 e. The van der Waals surface area contributed by atoms with Crippen LogP contribution in [0.15, 0.2) is 22.7 Å². The summed E-state index contributed by atoms with van der Waals surface area (Å²) in [6.45, 7) is 2.46. The first-order valence-electron chi connectivity index (χ1n) is 5.59. The topological polar surface area (TPSA) is 20.2 Å². The molecule has 1 aliphatic carbocycles. The first-order valence-corrected chi connectivity index (χ1v) is 6.38. The molecular weight excluding hydrogens is 252 g/mol. The molecule has 0 aliphatic heterocycles. The van der Waals surface area contributed by atoms with Crippen molar-refractivity contribution in [2.45, 2.75) is 26.2 Å². The Bertz CT molecular complexity index is 348. The smallest absolute Gasteiger partial charge is 0.0459 e. The lowest BCUT2D eigenvalue weighted by Crippen LogP contribution is -2.22. The first-order chi connectivity index (χ1) is 7.20. The highest BCUT2D eigenvalue weighted by molar-refractivity contribution is 9.10. The summed E-state index contributed by atoms with van der Waals surface area (Å²) in [5.74, 6) is 1.09. The molecule has 0 saturated carbocycles. The molecule has 2 heteroatoms. The Morgan fingerprint density at radius 2 is 2.27 bits per heavy atom. The van der Waals surface area contributed by atoms with Gasteiger partial charge in [-0.3, -0.25) is 0 Å². The highest BCUT2D eigenvalue weighted by Crippen LogP contribution is 2.31. The van der Waals surface area contributed by atoms with Gasteiger partial charge in [-0.2, -0.15) is 0 Å². The Kier molecular flexibility index (Phi) is 3.47. The van der Waals surface area contributed by atoms with Gasteiger partial charge in [0.2, 0.25) is 0 Å². The van der Waals surface area contributed by atoms with Crippen LogP contribution < -0.4 is 0 Å². The molecule has 1 aromatic rings. The first kappa shape index (κ1) is 11.2. The Morgan fingerprint density at radius 1 is 1.47 bits per heavy atom. The molecule has 2 rings (SSSR count). The molecule has 1 aliphatic rings. The minimum atomic E-state index is 0.316. The number of hydrogen-bond donors (Lipinski definition) is 1. The van der Waals surface area contributed by atoms with Gasteiger partial charge in [0.05, 0.1) is 0 Å². The van der Waals surface area contributed by atoms with Crippen molar-refractivity contribution < 1.29 is 5.11 Å². The molecule has 0 saturated heterocycles. The SMILES string of the molecule is CC(CO)C1CCc2cc(Br)ccc2C1. The fourth-order valence-electron chi connectivity index (χ4n) is 2.39. The van der Waals surface area contributed by atoms with E-state index in [-0.39, 0.29) is 0 Å². The molecule has 0 aromatic heterocycles. The fourth-order valence-corrected chi connectivity index (χ4v) is 2.80. The van der Waals surface area contributed by atoms with Crippen LogP contribution in [0, 0.1) is 11.8 Å². The van der Waals surface area contributed by atoms with Crippen molar-refractivity contribution in [3.63, 3.8) is 0 Å². The highest BCUT2D eigenvalue weighted by atomic mass is 79.9. The molecular formula is C13H17BrO. The van der Waals surface area contributed by atoms with Crippen LogP contribution >= 0.6 is 15.9 Å². The third kappa shape index (κ3) is 2.43. The monoisotopic (exact) mass is 268 g/mol. The van der Waals surface area contributed by atoms with Gasteiger partial charge in [0, 0.05) is 11.1 Å². The van der Waals surface area contributed by atoms with Crippen LogP contribution in [0.5, 0.6) is 0 Å². The van der Waals surface area contributed by atoms with Crippen molar-refractivity contribution in [3.8, 4) is 0 Å². The van der Waals surface area contributed by atoms with Gasteiger partial charge < -0.3 is 5.11 Å². The van der Waals surface area contributed by atoms with E-state index in [2.05, 4.69) is 41.1 Å².